The third kappa shape index (κ3) is 9.64. The van der Waals surface area contributed by atoms with Crippen molar-refractivity contribution in [2.24, 2.45) is 5.92 Å². The molecule has 0 unspecified atom stereocenters. The Balaban J connectivity index is 0.000000261. The highest BCUT2D eigenvalue weighted by atomic mass is 16.7. The summed E-state index contributed by atoms with van der Waals surface area (Å²) < 4.78 is 154. The summed E-state index contributed by atoms with van der Waals surface area (Å²) in [7, 11) is 5.82. The number of anilines is 2. The summed E-state index contributed by atoms with van der Waals surface area (Å²) in [5.74, 6) is -1.55. The number of nitrogens with two attached hydrogens (primary N) is 2. The molecule has 2 aliphatic rings. The Morgan fingerprint density at radius 1 is 0.796 bits per heavy atom. The zero-order valence-corrected chi connectivity index (χ0v) is 29.9. The van der Waals surface area contributed by atoms with Crippen LogP contribution >= 0.6 is 0 Å². The van der Waals surface area contributed by atoms with Gasteiger partial charge in [0.25, 0.3) is 0 Å². The van der Waals surface area contributed by atoms with E-state index in [9.17, 15) is 10.5 Å². The van der Waals surface area contributed by atoms with Gasteiger partial charge in [-0.05, 0) is 49.7 Å². The van der Waals surface area contributed by atoms with Gasteiger partial charge in [-0.3, -0.25) is 4.68 Å². The lowest BCUT2D eigenvalue weighted by Crippen LogP contribution is -2.18. The molecule has 0 spiro atoms. The Hall–Kier alpha value is -5.26. The van der Waals surface area contributed by atoms with Gasteiger partial charge in [0, 0.05) is 97.9 Å². The molecule has 0 bridgehead atoms. The fourth-order valence-corrected chi connectivity index (χ4v) is 5.48. The number of hydrogen-bond acceptors (Lipinski definition) is 14. The van der Waals surface area contributed by atoms with Crippen LogP contribution in [0.1, 0.15) is 103 Å². The standard InChI is InChI=1S/C19H26N6O2.C19H24N6O2/c2*1-26-17(27-2)9-15-18(22-12-23-19(15)21)14-10-24-25(11-14)16(7-8-20)13-5-3-4-6-13/h10-13,16-17H,3-7,9H2,1-2H3,(H2,21,22,23);10-12,17H,3-7,9H2,1-2H3,(H2,21,22,23)/t16-;/m1./s1/i2*3D2,4D2,5D2,6D2. The van der Waals surface area contributed by atoms with Crippen molar-refractivity contribution in [1.29, 1.82) is 10.5 Å². The van der Waals surface area contributed by atoms with Gasteiger partial charge in [0.15, 0.2) is 12.6 Å². The number of rotatable bonds is 15. The first-order chi connectivity index (χ1) is 32.4. The van der Waals surface area contributed by atoms with E-state index in [2.05, 4.69) is 30.1 Å². The quantitative estimate of drug-likeness (QED) is 0.143. The molecule has 0 aromatic carbocycles. The highest BCUT2D eigenvalue weighted by Gasteiger charge is 2.28. The summed E-state index contributed by atoms with van der Waals surface area (Å²) in [5.41, 5.74) is 13.4. The summed E-state index contributed by atoms with van der Waals surface area (Å²) in [4.78, 5) is 16.5. The summed E-state index contributed by atoms with van der Waals surface area (Å²) >= 11 is 0. The molecule has 4 aromatic rings. The van der Waals surface area contributed by atoms with Gasteiger partial charge in [-0.15, -0.1) is 0 Å². The molecule has 4 N–H and O–H groups in total. The number of nitrogen functional groups attached to an aromatic ring is 2. The molecule has 0 aliphatic heterocycles. The van der Waals surface area contributed by atoms with Gasteiger partial charge in [0.2, 0.25) is 0 Å². The fourth-order valence-electron chi connectivity index (χ4n) is 5.48. The molecule has 2 aliphatic carbocycles. The van der Waals surface area contributed by atoms with Crippen molar-refractivity contribution in [3.8, 4) is 34.7 Å². The molecule has 6 rings (SSSR count). The topological polar surface area (TPSA) is 224 Å². The average molecular weight is 755 g/mol. The Labute approximate surface area is 338 Å². The zero-order valence-electron chi connectivity index (χ0n) is 45.9. The van der Waals surface area contributed by atoms with E-state index in [4.69, 9.17) is 52.3 Å². The van der Waals surface area contributed by atoms with E-state index >= 15 is 0 Å². The Morgan fingerprint density at radius 2 is 1.33 bits per heavy atom. The van der Waals surface area contributed by atoms with Crippen LogP contribution in [0.25, 0.3) is 28.2 Å². The lowest BCUT2D eigenvalue weighted by molar-refractivity contribution is -0.100. The molecule has 0 radical (unpaired) electrons. The van der Waals surface area contributed by atoms with Crippen molar-refractivity contribution in [1.82, 2.24) is 39.5 Å². The number of methoxy groups -OCH3 is 4. The zero-order chi connectivity index (χ0) is 52.8. The molecule has 1 atom stereocenters. The number of allylic oxidation sites excluding steroid dienone is 2. The first kappa shape index (κ1) is 23.5. The van der Waals surface area contributed by atoms with Crippen molar-refractivity contribution in [2.75, 3.05) is 39.9 Å². The first-order valence-electron chi connectivity index (χ1n) is 24.3. The van der Waals surface area contributed by atoms with Gasteiger partial charge >= 0.3 is 0 Å². The molecule has 4 aromatic heterocycles. The Kier molecular flexibility index (Phi) is 8.58. The maximum absolute atomic E-state index is 9.43. The average Bonchev–Trinajstić information content (AvgIpc) is 4.01. The third-order valence-corrected chi connectivity index (χ3v) is 8.27. The van der Waals surface area contributed by atoms with Crippen molar-refractivity contribution in [2.45, 2.75) is 95.3 Å². The van der Waals surface area contributed by atoms with Crippen molar-refractivity contribution in [3.05, 3.63) is 54.1 Å². The molecule has 0 amide bonds. The van der Waals surface area contributed by atoms with Crippen LogP contribution in [-0.2, 0) is 31.8 Å². The van der Waals surface area contributed by atoms with Crippen molar-refractivity contribution in [3.63, 3.8) is 0 Å². The number of nitriles is 2. The van der Waals surface area contributed by atoms with Crippen LogP contribution in [0, 0.1) is 28.6 Å². The van der Waals surface area contributed by atoms with Gasteiger partial charge < -0.3 is 30.4 Å². The van der Waals surface area contributed by atoms with E-state index in [1.54, 1.807) is 0 Å². The van der Waals surface area contributed by atoms with E-state index in [0.29, 0.717) is 33.6 Å². The Morgan fingerprint density at radius 3 is 1.85 bits per heavy atom. The lowest BCUT2D eigenvalue weighted by Gasteiger charge is -2.21. The SMILES string of the molecule is [2H]C1([2H])C(=C(CC#N)n2cc(-c3ncnc(N)c3CC(OC)OC)cn2)C([2H])([2H])C([2H])([2H])C1([2H])[2H].[2H]C1([2H])C([C@@H](CC#N)n2cc(-c3ncnc(N)c3CC(OC)OC)cn2)C([2H])([2H])C([2H])([2H])C1([2H])[2H]. The first-order valence-corrected chi connectivity index (χ1v) is 16.3. The normalized spacial score (nSPS) is 26.8. The van der Waals surface area contributed by atoms with Gasteiger partial charge in [-0.25, -0.2) is 24.6 Å². The highest BCUT2D eigenvalue weighted by Crippen LogP contribution is 2.37. The Bertz CT molecular complexity index is 2600. The van der Waals surface area contributed by atoms with Gasteiger partial charge in [-0.2, -0.15) is 20.7 Å². The summed E-state index contributed by atoms with van der Waals surface area (Å²) in [6, 6.07) is 2.36. The van der Waals surface area contributed by atoms with Crippen LogP contribution in [-0.4, -0.2) is 80.5 Å². The molecule has 16 heteroatoms. The largest absolute Gasteiger partial charge is 0.383 e. The second-order valence-corrected chi connectivity index (χ2v) is 11.4. The predicted octanol–water partition coefficient (Wildman–Crippen LogP) is 5.51. The van der Waals surface area contributed by atoms with Gasteiger partial charge in [0.05, 0.1) is 60.5 Å². The van der Waals surface area contributed by atoms with E-state index in [-0.39, 0.29) is 30.2 Å². The van der Waals surface area contributed by atoms with Crippen molar-refractivity contribution < 1.29 is 40.9 Å². The molecule has 4 heterocycles. The van der Waals surface area contributed by atoms with E-state index in [0.717, 1.165) is 9.36 Å². The summed E-state index contributed by atoms with van der Waals surface area (Å²) in [5, 5.41) is 27.2. The van der Waals surface area contributed by atoms with Crippen LogP contribution < -0.4 is 11.5 Å². The molecule has 286 valence electrons. The molecule has 54 heavy (non-hydrogen) atoms. The molecule has 16 nitrogen and oxygen atoms in total. The fraction of sp³-hybridized carbons (Fsp3) is 0.526. The minimum atomic E-state index is -3.22. The second kappa shape index (κ2) is 19.7. The van der Waals surface area contributed by atoms with Crippen LogP contribution in [0.3, 0.4) is 0 Å². The highest BCUT2D eigenvalue weighted by molar-refractivity contribution is 5.68. The summed E-state index contributed by atoms with van der Waals surface area (Å²) in [6.45, 7) is 0. The van der Waals surface area contributed by atoms with Gasteiger partial charge in [-0.1, -0.05) is 12.7 Å². The van der Waals surface area contributed by atoms with E-state index in [1.165, 1.54) is 65.9 Å². The second-order valence-electron chi connectivity index (χ2n) is 11.4. The molecule has 2 fully saturated rings. The van der Waals surface area contributed by atoms with Crippen LogP contribution in [0.2, 0.25) is 0 Å². The smallest absolute Gasteiger partial charge is 0.161 e. The van der Waals surface area contributed by atoms with Gasteiger partial charge in [0.1, 0.15) is 24.3 Å². The lowest BCUT2D eigenvalue weighted by atomic mass is 9.96. The van der Waals surface area contributed by atoms with Crippen LogP contribution in [0.5, 0.6) is 0 Å². The van der Waals surface area contributed by atoms with Crippen molar-refractivity contribution >= 4 is 17.3 Å². The van der Waals surface area contributed by atoms with E-state index < -0.39 is 93.9 Å². The molecular formula is C38H50N12O4. The number of hydrogen-bond donors (Lipinski definition) is 2. The molecule has 0 saturated heterocycles. The molecule has 2 saturated carbocycles. The maximum Gasteiger partial charge on any atom is 0.161 e. The minimum Gasteiger partial charge on any atom is -0.383 e. The van der Waals surface area contributed by atoms with Crippen LogP contribution in [0.15, 0.2) is 43.0 Å². The summed E-state index contributed by atoms with van der Waals surface area (Å²) in [6.07, 6.45) is -18.8. The number of ether oxygens (including phenoxy) is 4. The van der Waals surface area contributed by atoms with E-state index in [1.807, 2.05) is 12.1 Å². The van der Waals surface area contributed by atoms with Crippen LogP contribution in [0.4, 0.5) is 11.6 Å². The monoisotopic (exact) mass is 755 g/mol. The molecular weight excluding hydrogens is 688 g/mol. The minimum absolute atomic E-state index is 0.155. The maximum atomic E-state index is 9.43. The predicted molar refractivity (Wildman–Crippen MR) is 201 cm³/mol. The number of nitrogens with zero attached hydrogens (tertiary/aromatic N) is 10. The number of aromatic nitrogens is 8. The third-order valence-electron chi connectivity index (χ3n) is 8.27.